The largest absolute Gasteiger partial charge is 0.503 e. The number of carbonyl (C=O) groups excluding carboxylic acids is 2. The highest BCUT2D eigenvalue weighted by atomic mass is 32.1. The van der Waals surface area contributed by atoms with Gasteiger partial charge in [-0.3, -0.25) is 14.5 Å². The SMILES string of the molecule is Cc1ccc2nc(N3C(=O)C(O)=C(C(=O)c4cc5ccccc5o4)C3c3ccccc3F)sc2c1. The Morgan fingerprint density at radius 3 is 2.66 bits per heavy atom. The molecule has 6 nitrogen and oxygen atoms in total. The number of Topliss-reactive ketones (excluding diaryl/α,β-unsaturated/α-hetero) is 1. The van der Waals surface area contributed by atoms with Gasteiger partial charge in [0.15, 0.2) is 16.7 Å². The zero-order valence-electron chi connectivity index (χ0n) is 18.4. The fourth-order valence-corrected chi connectivity index (χ4v) is 5.47. The van der Waals surface area contributed by atoms with Crippen molar-refractivity contribution in [2.45, 2.75) is 13.0 Å². The van der Waals surface area contributed by atoms with Gasteiger partial charge in [0.2, 0.25) is 5.78 Å². The Hall–Kier alpha value is -4.30. The van der Waals surface area contributed by atoms with Crippen molar-refractivity contribution < 1.29 is 23.5 Å². The number of para-hydroxylation sites is 1. The fourth-order valence-electron chi connectivity index (χ4n) is 4.37. The number of aliphatic hydroxyl groups excluding tert-OH is 1. The molecular formula is C27H17FN2O4S. The molecule has 1 N–H and O–H groups in total. The van der Waals surface area contributed by atoms with E-state index in [9.17, 15) is 14.7 Å². The van der Waals surface area contributed by atoms with Crippen LogP contribution in [0.1, 0.15) is 27.7 Å². The van der Waals surface area contributed by atoms with Gasteiger partial charge in [0, 0.05) is 10.9 Å². The minimum atomic E-state index is -1.22. The maximum absolute atomic E-state index is 15.1. The second kappa shape index (κ2) is 7.89. The predicted molar refractivity (Wildman–Crippen MR) is 131 cm³/mol. The van der Waals surface area contributed by atoms with Crippen LogP contribution in [0.25, 0.3) is 21.2 Å². The number of furan rings is 1. The Balaban J connectivity index is 1.53. The molecule has 0 saturated heterocycles. The van der Waals surface area contributed by atoms with Crippen LogP contribution in [0.3, 0.4) is 0 Å². The van der Waals surface area contributed by atoms with Crippen molar-refractivity contribution in [3.63, 3.8) is 0 Å². The minimum absolute atomic E-state index is 0.0522. The summed E-state index contributed by atoms with van der Waals surface area (Å²) in [7, 11) is 0. The molecule has 1 aliphatic heterocycles. The fraction of sp³-hybridized carbons (Fsp3) is 0.0741. The lowest BCUT2D eigenvalue weighted by Gasteiger charge is -2.24. The third-order valence-corrected chi connectivity index (χ3v) is 7.06. The number of thiazole rings is 1. The molecule has 0 bridgehead atoms. The number of aromatic nitrogens is 1. The smallest absolute Gasteiger partial charge is 0.296 e. The van der Waals surface area contributed by atoms with E-state index in [0.717, 1.165) is 10.3 Å². The third-order valence-electron chi connectivity index (χ3n) is 6.04. The molecule has 2 aromatic heterocycles. The molecule has 1 atom stereocenters. The van der Waals surface area contributed by atoms with Gasteiger partial charge in [-0.2, -0.15) is 0 Å². The van der Waals surface area contributed by atoms with E-state index in [1.54, 1.807) is 36.4 Å². The summed E-state index contributed by atoms with van der Waals surface area (Å²) in [6.07, 6.45) is 0. The number of hydrogen-bond donors (Lipinski definition) is 1. The molecule has 0 aliphatic carbocycles. The van der Waals surface area contributed by atoms with E-state index in [0.29, 0.717) is 16.5 Å². The van der Waals surface area contributed by atoms with Gasteiger partial charge in [-0.05, 0) is 42.8 Å². The average molecular weight is 485 g/mol. The van der Waals surface area contributed by atoms with Gasteiger partial charge in [0.05, 0.1) is 15.8 Å². The second-order valence-electron chi connectivity index (χ2n) is 8.31. The molecule has 172 valence electrons. The highest BCUT2D eigenvalue weighted by Crippen LogP contribution is 2.45. The molecule has 0 spiro atoms. The Bertz CT molecular complexity index is 1670. The van der Waals surface area contributed by atoms with Gasteiger partial charge in [-0.1, -0.05) is 53.8 Å². The van der Waals surface area contributed by atoms with Crippen molar-refractivity contribution in [2.75, 3.05) is 4.90 Å². The van der Waals surface area contributed by atoms with Crippen LogP contribution >= 0.6 is 11.3 Å². The van der Waals surface area contributed by atoms with Crippen molar-refractivity contribution in [1.29, 1.82) is 0 Å². The monoisotopic (exact) mass is 484 g/mol. The topological polar surface area (TPSA) is 83.6 Å². The number of aryl methyl sites for hydroxylation is 1. The zero-order chi connectivity index (χ0) is 24.3. The molecule has 6 rings (SSSR count). The van der Waals surface area contributed by atoms with E-state index in [-0.39, 0.29) is 22.0 Å². The van der Waals surface area contributed by atoms with Crippen LogP contribution in [0.2, 0.25) is 0 Å². The number of anilines is 1. The number of carbonyl (C=O) groups is 2. The first-order chi connectivity index (χ1) is 16.9. The van der Waals surface area contributed by atoms with Crippen LogP contribution in [0.15, 0.2) is 88.5 Å². The summed E-state index contributed by atoms with van der Waals surface area (Å²) in [5, 5.41) is 11.9. The summed E-state index contributed by atoms with van der Waals surface area (Å²) in [5.74, 6) is -2.94. The van der Waals surface area contributed by atoms with E-state index in [2.05, 4.69) is 4.98 Å². The van der Waals surface area contributed by atoms with E-state index in [1.807, 2.05) is 25.1 Å². The number of rotatable bonds is 4. The summed E-state index contributed by atoms with van der Waals surface area (Å²) < 4.78 is 21.6. The van der Waals surface area contributed by atoms with E-state index < -0.39 is 29.3 Å². The Labute approximate surface area is 202 Å². The molecule has 1 unspecified atom stereocenters. The normalized spacial score (nSPS) is 16.1. The van der Waals surface area contributed by atoms with E-state index >= 15 is 4.39 Å². The van der Waals surface area contributed by atoms with Crippen LogP contribution in [0.4, 0.5) is 9.52 Å². The minimum Gasteiger partial charge on any atom is -0.503 e. The molecule has 8 heteroatoms. The Morgan fingerprint density at radius 1 is 1.09 bits per heavy atom. The first-order valence-corrected chi connectivity index (χ1v) is 11.7. The first kappa shape index (κ1) is 21.2. The molecule has 3 aromatic carbocycles. The number of halogens is 1. The molecule has 0 fully saturated rings. The molecule has 0 radical (unpaired) electrons. The summed E-state index contributed by atoms with van der Waals surface area (Å²) in [6, 6.07) is 18.9. The van der Waals surface area contributed by atoms with Crippen molar-refractivity contribution in [1.82, 2.24) is 4.98 Å². The maximum Gasteiger partial charge on any atom is 0.296 e. The summed E-state index contributed by atoms with van der Waals surface area (Å²) in [4.78, 5) is 32.7. The van der Waals surface area contributed by atoms with Crippen LogP contribution in [0.5, 0.6) is 0 Å². The quantitative estimate of drug-likeness (QED) is 0.304. The maximum atomic E-state index is 15.1. The second-order valence-corrected chi connectivity index (χ2v) is 9.32. The van der Waals surface area contributed by atoms with Gasteiger partial charge in [-0.15, -0.1) is 0 Å². The molecule has 35 heavy (non-hydrogen) atoms. The van der Waals surface area contributed by atoms with Crippen molar-refractivity contribution in [2.24, 2.45) is 0 Å². The number of hydrogen-bond acceptors (Lipinski definition) is 6. The average Bonchev–Trinajstić information content (AvgIpc) is 3.53. The molecular weight excluding hydrogens is 467 g/mol. The first-order valence-electron chi connectivity index (χ1n) is 10.8. The number of nitrogens with zero attached hydrogens (tertiary/aromatic N) is 2. The summed E-state index contributed by atoms with van der Waals surface area (Å²) in [5.41, 5.74) is 1.98. The predicted octanol–water partition coefficient (Wildman–Crippen LogP) is 6.27. The summed E-state index contributed by atoms with van der Waals surface area (Å²) >= 11 is 1.23. The van der Waals surface area contributed by atoms with Gasteiger partial charge in [-0.25, -0.2) is 9.37 Å². The Kier molecular flexibility index (Phi) is 4.79. The van der Waals surface area contributed by atoms with Crippen LogP contribution in [0, 0.1) is 12.7 Å². The van der Waals surface area contributed by atoms with Crippen LogP contribution in [-0.4, -0.2) is 21.8 Å². The molecule has 5 aromatic rings. The van der Waals surface area contributed by atoms with Gasteiger partial charge in [0.1, 0.15) is 17.4 Å². The lowest BCUT2D eigenvalue weighted by atomic mass is 9.95. The van der Waals surface area contributed by atoms with E-state index in [4.69, 9.17) is 4.42 Å². The molecule has 1 amide bonds. The van der Waals surface area contributed by atoms with Crippen molar-refractivity contribution >= 4 is 49.3 Å². The van der Waals surface area contributed by atoms with Crippen molar-refractivity contribution in [3.8, 4) is 0 Å². The van der Waals surface area contributed by atoms with Gasteiger partial charge in [0.25, 0.3) is 5.91 Å². The Morgan fingerprint density at radius 2 is 1.86 bits per heavy atom. The number of amides is 1. The van der Waals surface area contributed by atoms with Crippen LogP contribution < -0.4 is 4.90 Å². The molecule has 0 saturated carbocycles. The molecule has 3 heterocycles. The molecule has 1 aliphatic rings. The highest BCUT2D eigenvalue weighted by molar-refractivity contribution is 7.22. The lowest BCUT2D eigenvalue weighted by molar-refractivity contribution is -0.117. The lowest BCUT2D eigenvalue weighted by Crippen LogP contribution is -2.31. The number of ketones is 1. The summed E-state index contributed by atoms with van der Waals surface area (Å²) in [6.45, 7) is 1.94. The third kappa shape index (κ3) is 3.33. The number of fused-ring (bicyclic) bond motifs is 2. The zero-order valence-corrected chi connectivity index (χ0v) is 19.2. The van der Waals surface area contributed by atoms with Crippen LogP contribution in [-0.2, 0) is 4.79 Å². The standard InChI is InChI=1S/C27H17FN2O4S/c1-14-10-11-18-21(12-14)35-27(29-18)30-23(16-7-3-4-8-17(16)28)22(25(32)26(30)33)24(31)20-13-15-6-2-5-9-19(15)34-20/h2-13,23,32H,1H3. The number of aliphatic hydroxyl groups is 1. The highest BCUT2D eigenvalue weighted by Gasteiger charge is 2.47. The van der Waals surface area contributed by atoms with Gasteiger partial charge < -0.3 is 9.52 Å². The van der Waals surface area contributed by atoms with Gasteiger partial charge >= 0.3 is 0 Å². The van der Waals surface area contributed by atoms with E-state index in [1.165, 1.54) is 34.4 Å². The van der Waals surface area contributed by atoms with Crippen molar-refractivity contribution in [3.05, 3.63) is 107 Å². The number of benzene rings is 3.